The summed E-state index contributed by atoms with van der Waals surface area (Å²) in [6.45, 7) is 4.12. The number of hydrogen-bond donors (Lipinski definition) is 1. The number of nitrogens with two attached hydrogens (primary N) is 1. The summed E-state index contributed by atoms with van der Waals surface area (Å²) in [7, 11) is 1.33. The number of hydrogen-bond acceptors (Lipinski definition) is 6. The Morgan fingerprint density at radius 1 is 1.42 bits per heavy atom. The fraction of sp³-hybridized carbons (Fsp3) is 0.615. The second-order valence-corrected chi connectivity index (χ2v) is 4.59. The van der Waals surface area contributed by atoms with Gasteiger partial charge in [0.1, 0.15) is 17.6 Å². The number of nitrogens with zero attached hydrogens (tertiary/aromatic N) is 1. The fourth-order valence-electron chi connectivity index (χ4n) is 2.05. The molecule has 1 saturated heterocycles. The lowest BCUT2D eigenvalue weighted by molar-refractivity contribution is -0.142. The highest BCUT2D eigenvalue weighted by molar-refractivity contribution is 5.75. The van der Waals surface area contributed by atoms with Crippen LogP contribution in [0.5, 0.6) is 0 Å². The first-order valence-corrected chi connectivity index (χ1v) is 6.40. The summed E-state index contributed by atoms with van der Waals surface area (Å²) in [6.07, 6.45) is 0.357. The van der Waals surface area contributed by atoms with Crippen LogP contribution in [0.25, 0.3) is 0 Å². The molecule has 0 saturated carbocycles. The quantitative estimate of drug-likeness (QED) is 0.766. The summed E-state index contributed by atoms with van der Waals surface area (Å²) in [6, 6.07) is 3.11. The molecule has 1 aliphatic rings. The molecule has 2 N–H and O–H groups in total. The van der Waals surface area contributed by atoms with E-state index in [0.29, 0.717) is 12.2 Å². The molecule has 1 fully saturated rings. The van der Waals surface area contributed by atoms with Crippen molar-refractivity contribution < 1.29 is 18.7 Å². The van der Waals surface area contributed by atoms with E-state index in [9.17, 15) is 4.79 Å². The molecular formula is C13H20N2O4. The highest BCUT2D eigenvalue weighted by atomic mass is 16.5. The number of rotatable bonds is 5. The molecule has 6 nitrogen and oxygen atoms in total. The molecule has 106 valence electrons. The van der Waals surface area contributed by atoms with Crippen molar-refractivity contribution in [1.29, 1.82) is 0 Å². The zero-order chi connectivity index (χ0) is 13.7. The standard InChI is InChI=1S/C13H20N2O4/c1-17-13(16)12(14)8-10-2-3-11(19-10)9-15-4-6-18-7-5-15/h2-3,12H,4-9,14H2,1H3. The maximum absolute atomic E-state index is 11.2. The molecule has 1 aliphatic heterocycles. The van der Waals surface area contributed by atoms with Crippen molar-refractivity contribution in [2.24, 2.45) is 5.73 Å². The molecule has 0 spiro atoms. The molecule has 0 aliphatic carbocycles. The first kappa shape index (κ1) is 14.0. The molecule has 19 heavy (non-hydrogen) atoms. The van der Waals surface area contributed by atoms with Gasteiger partial charge in [-0.25, -0.2) is 0 Å². The molecule has 0 amide bonds. The van der Waals surface area contributed by atoms with E-state index in [0.717, 1.165) is 38.6 Å². The Kier molecular flexibility index (Phi) is 4.95. The van der Waals surface area contributed by atoms with Gasteiger partial charge >= 0.3 is 5.97 Å². The average molecular weight is 268 g/mol. The third kappa shape index (κ3) is 4.05. The maximum Gasteiger partial charge on any atom is 0.323 e. The lowest BCUT2D eigenvalue weighted by Gasteiger charge is -2.25. The van der Waals surface area contributed by atoms with Gasteiger partial charge in [-0.1, -0.05) is 0 Å². The maximum atomic E-state index is 11.2. The van der Waals surface area contributed by atoms with E-state index in [1.165, 1.54) is 7.11 Å². The van der Waals surface area contributed by atoms with Gasteiger partial charge in [0.05, 0.1) is 26.9 Å². The van der Waals surface area contributed by atoms with Crippen molar-refractivity contribution in [3.8, 4) is 0 Å². The van der Waals surface area contributed by atoms with E-state index < -0.39 is 12.0 Å². The first-order valence-electron chi connectivity index (χ1n) is 6.40. The van der Waals surface area contributed by atoms with Gasteiger partial charge in [-0.3, -0.25) is 9.69 Å². The van der Waals surface area contributed by atoms with Crippen LogP contribution in [0.3, 0.4) is 0 Å². The van der Waals surface area contributed by atoms with Crippen molar-refractivity contribution in [3.05, 3.63) is 23.7 Å². The zero-order valence-corrected chi connectivity index (χ0v) is 11.1. The van der Waals surface area contributed by atoms with Crippen LogP contribution in [0.1, 0.15) is 11.5 Å². The molecule has 1 aromatic rings. The van der Waals surface area contributed by atoms with E-state index >= 15 is 0 Å². The summed E-state index contributed by atoms with van der Waals surface area (Å²) in [5.41, 5.74) is 5.69. The van der Waals surface area contributed by atoms with Crippen LogP contribution < -0.4 is 5.73 Å². The number of morpholine rings is 1. The Hall–Kier alpha value is -1.37. The fourth-order valence-corrected chi connectivity index (χ4v) is 2.05. The normalized spacial score (nSPS) is 18.2. The van der Waals surface area contributed by atoms with Crippen molar-refractivity contribution in [3.63, 3.8) is 0 Å². The number of methoxy groups -OCH3 is 1. The number of carbonyl (C=O) groups excluding carboxylic acids is 1. The average Bonchev–Trinajstić information content (AvgIpc) is 2.86. The number of ether oxygens (including phenoxy) is 2. The van der Waals surface area contributed by atoms with E-state index in [2.05, 4.69) is 9.64 Å². The minimum absolute atomic E-state index is 0.357. The molecule has 2 rings (SSSR count). The second kappa shape index (κ2) is 6.70. The molecule has 1 atom stereocenters. The molecule has 0 aromatic carbocycles. The molecule has 6 heteroatoms. The predicted molar refractivity (Wildman–Crippen MR) is 68.5 cm³/mol. The largest absolute Gasteiger partial charge is 0.468 e. The van der Waals surface area contributed by atoms with Crippen LogP contribution in [-0.4, -0.2) is 50.3 Å². The summed E-state index contributed by atoms with van der Waals surface area (Å²) in [5, 5.41) is 0. The van der Waals surface area contributed by atoms with Crippen molar-refractivity contribution >= 4 is 5.97 Å². The molecule has 0 radical (unpaired) electrons. The summed E-state index contributed by atoms with van der Waals surface area (Å²) in [4.78, 5) is 13.5. The van der Waals surface area contributed by atoms with Crippen LogP contribution in [0, 0.1) is 0 Å². The molecule has 0 bridgehead atoms. The topological polar surface area (TPSA) is 77.9 Å². The predicted octanol–water partition coefficient (Wildman–Crippen LogP) is 0.155. The Balaban J connectivity index is 1.86. The van der Waals surface area contributed by atoms with Crippen molar-refractivity contribution in [1.82, 2.24) is 4.90 Å². The number of esters is 1. The van der Waals surface area contributed by atoms with Gasteiger partial charge in [0, 0.05) is 19.5 Å². The number of carbonyl (C=O) groups is 1. The van der Waals surface area contributed by atoms with Gasteiger partial charge in [-0.15, -0.1) is 0 Å². The monoisotopic (exact) mass is 268 g/mol. The lowest BCUT2D eigenvalue weighted by atomic mass is 10.2. The van der Waals surface area contributed by atoms with Gasteiger partial charge in [-0.05, 0) is 12.1 Å². The van der Waals surface area contributed by atoms with E-state index in [-0.39, 0.29) is 0 Å². The summed E-state index contributed by atoms with van der Waals surface area (Å²) in [5.74, 6) is 1.17. The molecule has 2 heterocycles. The van der Waals surface area contributed by atoms with Crippen molar-refractivity contribution in [2.45, 2.75) is 19.0 Å². The van der Waals surface area contributed by atoms with Crippen LogP contribution in [0.2, 0.25) is 0 Å². The Morgan fingerprint density at radius 3 is 2.79 bits per heavy atom. The first-order chi connectivity index (χ1) is 9.19. The third-order valence-electron chi connectivity index (χ3n) is 3.13. The van der Waals surface area contributed by atoms with Crippen molar-refractivity contribution in [2.75, 3.05) is 33.4 Å². The minimum Gasteiger partial charge on any atom is -0.468 e. The summed E-state index contributed by atoms with van der Waals surface area (Å²) >= 11 is 0. The van der Waals surface area contributed by atoms with Gasteiger partial charge in [0.25, 0.3) is 0 Å². The van der Waals surface area contributed by atoms with Gasteiger partial charge in [0.2, 0.25) is 0 Å². The lowest BCUT2D eigenvalue weighted by Crippen LogP contribution is -2.35. The zero-order valence-electron chi connectivity index (χ0n) is 11.1. The van der Waals surface area contributed by atoms with Crippen LogP contribution in [0.4, 0.5) is 0 Å². The Labute approximate surface area is 112 Å². The Morgan fingerprint density at radius 2 is 2.11 bits per heavy atom. The third-order valence-corrected chi connectivity index (χ3v) is 3.13. The van der Waals surface area contributed by atoms with Crippen LogP contribution >= 0.6 is 0 Å². The minimum atomic E-state index is -0.674. The van der Waals surface area contributed by atoms with Gasteiger partial charge < -0.3 is 19.6 Å². The Bertz CT molecular complexity index is 413. The highest BCUT2D eigenvalue weighted by Gasteiger charge is 2.17. The highest BCUT2D eigenvalue weighted by Crippen LogP contribution is 2.13. The molecule has 1 unspecified atom stereocenters. The molecular weight excluding hydrogens is 248 g/mol. The van der Waals surface area contributed by atoms with Gasteiger partial charge in [-0.2, -0.15) is 0 Å². The SMILES string of the molecule is COC(=O)C(N)Cc1ccc(CN2CCOCC2)o1. The smallest absolute Gasteiger partial charge is 0.323 e. The number of furan rings is 1. The van der Waals surface area contributed by atoms with E-state index in [1.807, 2.05) is 12.1 Å². The summed E-state index contributed by atoms with van der Waals surface area (Å²) < 4.78 is 15.6. The van der Waals surface area contributed by atoms with E-state index in [4.69, 9.17) is 14.9 Å². The second-order valence-electron chi connectivity index (χ2n) is 4.59. The van der Waals surface area contributed by atoms with Gasteiger partial charge in [0.15, 0.2) is 0 Å². The van der Waals surface area contributed by atoms with E-state index in [1.54, 1.807) is 0 Å². The van der Waals surface area contributed by atoms with Crippen LogP contribution in [-0.2, 0) is 27.2 Å². The van der Waals surface area contributed by atoms with Crippen LogP contribution in [0.15, 0.2) is 16.5 Å². The molecule has 1 aromatic heterocycles.